The lowest BCUT2D eigenvalue weighted by molar-refractivity contribution is -0.111. The molecule has 0 atom stereocenters. The predicted octanol–water partition coefficient (Wildman–Crippen LogP) is 4.74. The Balaban J connectivity index is 1.65. The van der Waals surface area contributed by atoms with Crippen molar-refractivity contribution in [2.75, 3.05) is 10.0 Å². The van der Waals surface area contributed by atoms with Crippen molar-refractivity contribution in [2.45, 2.75) is 11.8 Å². The number of carbonyl (C=O) groups is 1. The molecule has 0 spiro atoms. The van der Waals surface area contributed by atoms with E-state index in [1.165, 1.54) is 36.4 Å². The average Bonchev–Trinajstić information content (AvgIpc) is 3.05. The second kappa shape index (κ2) is 8.69. The van der Waals surface area contributed by atoms with Crippen LogP contribution in [0.2, 0.25) is 10.0 Å². The standard InChI is InChI=1S/C19H15Cl2N3O4S/c1-12-10-18(23-28-12)24-29(26,27)16-7-5-15(6-8-16)22-19(25)9-3-13-2-4-14(20)11-17(13)21/h2-11H,1H3,(H,22,25)(H,23,24)/b9-3+. The lowest BCUT2D eigenvalue weighted by atomic mass is 10.2. The van der Waals surface area contributed by atoms with E-state index in [4.69, 9.17) is 27.7 Å². The number of hydrogen-bond acceptors (Lipinski definition) is 5. The molecule has 0 unspecified atom stereocenters. The summed E-state index contributed by atoms with van der Waals surface area (Å²) in [6, 6.07) is 12.1. The van der Waals surface area contributed by atoms with Gasteiger partial charge in [0, 0.05) is 27.9 Å². The van der Waals surface area contributed by atoms with Gasteiger partial charge in [-0.05, 0) is 55.0 Å². The predicted molar refractivity (Wildman–Crippen MR) is 113 cm³/mol. The molecule has 0 aliphatic carbocycles. The number of aromatic nitrogens is 1. The molecule has 0 aliphatic heterocycles. The molecule has 0 saturated heterocycles. The second-order valence-corrected chi connectivity index (χ2v) is 8.47. The van der Waals surface area contributed by atoms with E-state index in [-0.39, 0.29) is 10.7 Å². The normalized spacial score (nSPS) is 11.6. The zero-order chi connectivity index (χ0) is 21.0. The summed E-state index contributed by atoms with van der Waals surface area (Å²) in [5.41, 5.74) is 1.07. The number of nitrogens with zero attached hydrogens (tertiary/aromatic N) is 1. The minimum absolute atomic E-state index is 0.0136. The highest BCUT2D eigenvalue weighted by molar-refractivity contribution is 7.92. The van der Waals surface area contributed by atoms with Crippen LogP contribution in [-0.4, -0.2) is 19.5 Å². The number of nitrogens with one attached hydrogen (secondary N) is 2. The van der Waals surface area contributed by atoms with Gasteiger partial charge in [-0.15, -0.1) is 0 Å². The Morgan fingerprint density at radius 2 is 1.83 bits per heavy atom. The topological polar surface area (TPSA) is 101 Å². The number of carbonyl (C=O) groups excluding carboxylic acids is 1. The van der Waals surface area contributed by atoms with E-state index in [0.717, 1.165) is 0 Å². The lowest BCUT2D eigenvalue weighted by Gasteiger charge is -2.07. The molecule has 0 fully saturated rings. The van der Waals surface area contributed by atoms with Crippen LogP contribution < -0.4 is 10.0 Å². The third kappa shape index (κ3) is 5.60. The zero-order valence-electron chi connectivity index (χ0n) is 15.0. The van der Waals surface area contributed by atoms with Crippen LogP contribution in [0.15, 0.2) is 64.0 Å². The molecular weight excluding hydrogens is 437 g/mol. The maximum atomic E-state index is 12.3. The summed E-state index contributed by atoms with van der Waals surface area (Å²) in [6.45, 7) is 1.65. The van der Waals surface area contributed by atoms with Crippen LogP contribution >= 0.6 is 23.2 Å². The van der Waals surface area contributed by atoms with Crippen molar-refractivity contribution < 1.29 is 17.7 Å². The Hall–Kier alpha value is -2.81. The first-order valence-electron chi connectivity index (χ1n) is 8.23. The minimum atomic E-state index is -3.82. The maximum Gasteiger partial charge on any atom is 0.263 e. The zero-order valence-corrected chi connectivity index (χ0v) is 17.3. The van der Waals surface area contributed by atoms with Gasteiger partial charge in [0.05, 0.1) is 4.90 Å². The van der Waals surface area contributed by atoms with Gasteiger partial charge in [-0.1, -0.05) is 34.4 Å². The Bertz CT molecular complexity index is 1170. The smallest absolute Gasteiger partial charge is 0.263 e. The molecule has 1 heterocycles. The van der Waals surface area contributed by atoms with Crippen LogP contribution in [0.5, 0.6) is 0 Å². The van der Waals surface area contributed by atoms with E-state index in [9.17, 15) is 13.2 Å². The lowest BCUT2D eigenvalue weighted by Crippen LogP contribution is -2.13. The van der Waals surface area contributed by atoms with E-state index in [0.29, 0.717) is 27.1 Å². The fraction of sp³-hybridized carbons (Fsp3) is 0.0526. The highest BCUT2D eigenvalue weighted by Gasteiger charge is 2.16. The average molecular weight is 452 g/mol. The molecule has 2 aromatic carbocycles. The first-order valence-corrected chi connectivity index (χ1v) is 10.5. The molecule has 3 rings (SSSR count). The summed E-state index contributed by atoms with van der Waals surface area (Å²) in [6.07, 6.45) is 2.87. The quantitative estimate of drug-likeness (QED) is 0.526. The van der Waals surface area contributed by atoms with Gasteiger partial charge < -0.3 is 9.84 Å². The van der Waals surface area contributed by atoms with Crippen LogP contribution in [0.3, 0.4) is 0 Å². The van der Waals surface area contributed by atoms with Gasteiger partial charge in [0.15, 0.2) is 5.82 Å². The van der Waals surface area contributed by atoms with E-state index < -0.39 is 15.9 Å². The van der Waals surface area contributed by atoms with Crippen molar-refractivity contribution in [2.24, 2.45) is 0 Å². The molecule has 29 heavy (non-hydrogen) atoms. The monoisotopic (exact) mass is 451 g/mol. The third-order valence-corrected chi connectivity index (χ3v) is 5.61. The first-order chi connectivity index (χ1) is 13.7. The first kappa shape index (κ1) is 20.9. The molecule has 0 saturated carbocycles. The van der Waals surface area contributed by atoms with Gasteiger partial charge in [0.2, 0.25) is 5.91 Å². The summed E-state index contributed by atoms with van der Waals surface area (Å²) in [7, 11) is -3.82. The van der Waals surface area contributed by atoms with Gasteiger partial charge in [0.25, 0.3) is 10.0 Å². The van der Waals surface area contributed by atoms with E-state index in [1.807, 2.05) is 0 Å². The number of benzene rings is 2. The third-order valence-electron chi connectivity index (χ3n) is 3.68. The van der Waals surface area contributed by atoms with Gasteiger partial charge in [-0.25, -0.2) is 8.42 Å². The van der Waals surface area contributed by atoms with Crippen LogP contribution in [0.1, 0.15) is 11.3 Å². The molecular formula is C19H15Cl2N3O4S. The van der Waals surface area contributed by atoms with Crippen LogP contribution in [0.25, 0.3) is 6.08 Å². The number of sulfonamides is 1. The van der Waals surface area contributed by atoms with E-state index >= 15 is 0 Å². The summed E-state index contributed by atoms with van der Waals surface area (Å²) in [4.78, 5) is 12.1. The Kier molecular flexibility index (Phi) is 6.26. The van der Waals surface area contributed by atoms with Crippen molar-refractivity contribution in [3.05, 3.63) is 76.0 Å². The van der Waals surface area contributed by atoms with Gasteiger partial charge in [-0.3, -0.25) is 9.52 Å². The summed E-state index contributed by atoms with van der Waals surface area (Å²) in [5.74, 6) is 0.169. The maximum absolute atomic E-state index is 12.3. The Labute approximate surface area is 177 Å². The largest absolute Gasteiger partial charge is 0.360 e. The van der Waals surface area contributed by atoms with Gasteiger partial charge in [-0.2, -0.15) is 0 Å². The number of hydrogen-bond donors (Lipinski definition) is 2. The molecule has 0 aliphatic rings. The molecule has 1 aromatic heterocycles. The van der Waals surface area contributed by atoms with Crippen molar-refractivity contribution >= 4 is 56.7 Å². The Morgan fingerprint density at radius 3 is 2.45 bits per heavy atom. The van der Waals surface area contributed by atoms with Crippen molar-refractivity contribution in [3.63, 3.8) is 0 Å². The van der Waals surface area contributed by atoms with Crippen LogP contribution in [0.4, 0.5) is 11.5 Å². The summed E-state index contributed by atoms with van der Waals surface area (Å²) >= 11 is 11.9. The Morgan fingerprint density at radius 1 is 1.10 bits per heavy atom. The highest BCUT2D eigenvalue weighted by Crippen LogP contribution is 2.22. The molecule has 10 heteroatoms. The number of aryl methyl sites for hydroxylation is 1. The van der Waals surface area contributed by atoms with Crippen molar-refractivity contribution in [3.8, 4) is 0 Å². The molecule has 1 amide bonds. The van der Waals surface area contributed by atoms with Crippen LogP contribution in [-0.2, 0) is 14.8 Å². The number of amides is 1. The molecule has 2 N–H and O–H groups in total. The fourth-order valence-electron chi connectivity index (χ4n) is 2.31. The number of anilines is 2. The molecule has 3 aromatic rings. The number of rotatable bonds is 6. The van der Waals surface area contributed by atoms with Gasteiger partial charge in [0.1, 0.15) is 5.76 Å². The second-order valence-electron chi connectivity index (χ2n) is 5.94. The molecule has 0 bridgehead atoms. The van der Waals surface area contributed by atoms with Crippen LogP contribution in [0, 0.1) is 6.92 Å². The van der Waals surface area contributed by atoms with E-state index in [1.54, 1.807) is 31.2 Å². The highest BCUT2D eigenvalue weighted by atomic mass is 35.5. The van der Waals surface area contributed by atoms with Gasteiger partial charge >= 0.3 is 0 Å². The molecule has 150 valence electrons. The number of halogens is 2. The SMILES string of the molecule is Cc1cc(NS(=O)(=O)c2ccc(NC(=O)/C=C/c3ccc(Cl)cc3Cl)cc2)no1. The minimum Gasteiger partial charge on any atom is -0.360 e. The summed E-state index contributed by atoms with van der Waals surface area (Å²) in [5, 5.41) is 7.15. The molecule has 0 radical (unpaired) electrons. The summed E-state index contributed by atoms with van der Waals surface area (Å²) < 4.78 is 31.8. The van der Waals surface area contributed by atoms with Crippen molar-refractivity contribution in [1.82, 2.24) is 5.16 Å². The fourth-order valence-corrected chi connectivity index (χ4v) is 3.77. The molecule has 7 nitrogen and oxygen atoms in total. The van der Waals surface area contributed by atoms with Crippen molar-refractivity contribution in [1.29, 1.82) is 0 Å². The van der Waals surface area contributed by atoms with E-state index in [2.05, 4.69) is 15.2 Å².